The molecule has 0 saturated heterocycles. The lowest BCUT2D eigenvalue weighted by molar-refractivity contribution is -0.114. The predicted molar refractivity (Wildman–Crippen MR) is 111 cm³/mol. The van der Waals surface area contributed by atoms with Crippen molar-refractivity contribution in [3.05, 3.63) is 78.4 Å². The minimum absolute atomic E-state index is 0.143. The number of carbonyl (C=O) groups is 2. The molecule has 0 aromatic heterocycles. The molecule has 0 fully saturated rings. The maximum Gasteiger partial charge on any atom is 0.257 e. The summed E-state index contributed by atoms with van der Waals surface area (Å²) < 4.78 is 5.16. The lowest BCUT2D eigenvalue weighted by Crippen LogP contribution is -2.14. The Labute approximate surface area is 163 Å². The topological polar surface area (TPSA) is 79.5 Å². The zero-order valence-corrected chi connectivity index (χ0v) is 15.7. The molecule has 2 amide bonds. The highest BCUT2D eigenvalue weighted by atomic mass is 16.5. The number of hydrogen-bond acceptors (Lipinski definition) is 4. The predicted octanol–water partition coefficient (Wildman–Crippen LogP) is 4.65. The van der Waals surface area contributed by atoms with Crippen LogP contribution in [-0.4, -0.2) is 18.9 Å². The van der Waals surface area contributed by atoms with Gasteiger partial charge in [-0.05, 0) is 60.7 Å². The van der Waals surface area contributed by atoms with Gasteiger partial charge in [-0.2, -0.15) is 0 Å². The lowest BCUT2D eigenvalue weighted by Gasteiger charge is -2.13. The van der Waals surface area contributed by atoms with E-state index in [0.29, 0.717) is 22.6 Å². The van der Waals surface area contributed by atoms with Gasteiger partial charge in [-0.1, -0.05) is 12.1 Å². The second-order valence-electron chi connectivity index (χ2n) is 6.11. The minimum atomic E-state index is -0.233. The normalized spacial score (nSPS) is 10.1. The van der Waals surface area contributed by atoms with E-state index in [-0.39, 0.29) is 11.8 Å². The van der Waals surface area contributed by atoms with Crippen LogP contribution in [0, 0.1) is 0 Å². The zero-order valence-electron chi connectivity index (χ0n) is 15.7. The molecule has 6 heteroatoms. The molecule has 0 saturated carbocycles. The van der Waals surface area contributed by atoms with E-state index in [1.807, 2.05) is 42.5 Å². The first-order valence-corrected chi connectivity index (χ1v) is 8.74. The van der Waals surface area contributed by atoms with Crippen LogP contribution in [0.3, 0.4) is 0 Å². The Morgan fingerprint density at radius 2 is 1.32 bits per heavy atom. The highest BCUT2D eigenvalue weighted by Gasteiger charge is 2.11. The third-order valence-corrected chi connectivity index (χ3v) is 4.00. The molecule has 3 aromatic rings. The Hall–Kier alpha value is -3.80. The molecule has 0 spiro atoms. The monoisotopic (exact) mass is 375 g/mol. The summed E-state index contributed by atoms with van der Waals surface area (Å²) in [4.78, 5) is 23.8. The lowest BCUT2D eigenvalue weighted by atomic mass is 10.1. The van der Waals surface area contributed by atoms with Gasteiger partial charge in [-0.3, -0.25) is 9.59 Å². The summed E-state index contributed by atoms with van der Waals surface area (Å²) in [6, 6.07) is 21.7. The first-order chi connectivity index (χ1) is 13.5. The fourth-order valence-corrected chi connectivity index (χ4v) is 2.66. The Bertz CT molecular complexity index is 967. The molecule has 6 nitrogen and oxygen atoms in total. The standard InChI is InChI=1S/C22H21N3O3/c1-15(26)23-16-7-9-18(10-8-16)25-22(27)20-5-3-4-6-21(20)24-17-11-13-19(28-2)14-12-17/h3-14,24H,1-2H3,(H,23,26)(H,25,27). The zero-order chi connectivity index (χ0) is 19.9. The van der Waals surface area contributed by atoms with E-state index < -0.39 is 0 Å². The van der Waals surface area contributed by atoms with Gasteiger partial charge in [0, 0.05) is 24.0 Å². The maximum absolute atomic E-state index is 12.7. The van der Waals surface area contributed by atoms with E-state index in [2.05, 4.69) is 16.0 Å². The molecule has 3 N–H and O–H groups in total. The van der Waals surface area contributed by atoms with E-state index in [0.717, 1.165) is 11.4 Å². The van der Waals surface area contributed by atoms with E-state index >= 15 is 0 Å². The van der Waals surface area contributed by atoms with E-state index in [4.69, 9.17) is 4.74 Å². The number of methoxy groups -OCH3 is 1. The van der Waals surface area contributed by atoms with Crippen molar-refractivity contribution >= 4 is 34.6 Å². The number of anilines is 4. The summed E-state index contributed by atoms with van der Waals surface area (Å²) in [5, 5.41) is 8.82. The van der Waals surface area contributed by atoms with Crippen molar-refractivity contribution in [2.75, 3.05) is 23.1 Å². The Morgan fingerprint density at radius 3 is 1.93 bits per heavy atom. The molecule has 0 unspecified atom stereocenters. The summed E-state index contributed by atoms with van der Waals surface area (Å²) in [5.74, 6) is 0.387. The van der Waals surface area contributed by atoms with Crippen LogP contribution in [0.15, 0.2) is 72.8 Å². The van der Waals surface area contributed by atoms with Crippen LogP contribution >= 0.6 is 0 Å². The second kappa shape index (κ2) is 8.73. The molecule has 0 heterocycles. The van der Waals surface area contributed by atoms with Crippen LogP contribution in [0.5, 0.6) is 5.75 Å². The number of benzene rings is 3. The fourth-order valence-electron chi connectivity index (χ4n) is 2.66. The maximum atomic E-state index is 12.7. The fraction of sp³-hybridized carbons (Fsp3) is 0.0909. The molecular formula is C22H21N3O3. The van der Waals surface area contributed by atoms with E-state index in [9.17, 15) is 9.59 Å². The summed E-state index contributed by atoms with van der Waals surface area (Å²) in [5.41, 5.74) is 3.37. The van der Waals surface area contributed by atoms with Crippen molar-refractivity contribution < 1.29 is 14.3 Å². The largest absolute Gasteiger partial charge is 0.497 e. The quantitative estimate of drug-likeness (QED) is 0.586. The summed E-state index contributed by atoms with van der Waals surface area (Å²) in [6.45, 7) is 1.45. The number of nitrogens with one attached hydrogen (secondary N) is 3. The van der Waals surface area contributed by atoms with Crippen molar-refractivity contribution in [1.82, 2.24) is 0 Å². The van der Waals surface area contributed by atoms with Crippen LogP contribution < -0.4 is 20.7 Å². The van der Waals surface area contributed by atoms with E-state index in [1.165, 1.54) is 6.92 Å². The first kappa shape index (κ1) is 19.0. The molecule has 0 bridgehead atoms. The molecule has 0 aliphatic carbocycles. The van der Waals surface area contributed by atoms with Gasteiger partial charge in [-0.25, -0.2) is 0 Å². The van der Waals surface area contributed by atoms with Gasteiger partial charge in [0.15, 0.2) is 0 Å². The molecule has 28 heavy (non-hydrogen) atoms. The smallest absolute Gasteiger partial charge is 0.257 e. The van der Waals surface area contributed by atoms with Gasteiger partial charge in [0.05, 0.1) is 18.4 Å². The van der Waals surface area contributed by atoms with Crippen LogP contribution in [0.1, 0.15) is 17.3 Å². The average molecular weight is 375 g/mol. The highest BCUT2D eigenvalue weighted by Crippen LogP contribution is 2.24. The SMILES string of the molecule is COc1ccc(Nc2ccccc2C(=O)Nc2ccc(NC(C)=O)cc2)cc1. The van der Waals surface area contributed by atoms with Crippen molar-refractivity contribution in [2.45, 2.75) is 6.92 Å². The van der Waals surface area contributed by atoms with E-state index in [1.54, 1.807) is 37.4 Å². The molecule has 3 rings (SSSR count). The van der Waals surface area contributed by atoms with Crippen LogP contribution in [0.2, 0.25) is 0 Å². The minimum Gasteiger partial charge on any atom is -0.497 e. The van der Waals surface area contributed by atoms with Gasteiger partial charge in [0.2, 0.25) is 5.91 Å². The molecule has 0 aliphatic rings. The third-order valence-electron chi connectivity index (χ3n) is 4.00. The number of para-hydroxylation sites is 1. The van der Waals surface area contributed by atoms with Gasteiger partial charge < -0.3 is 20.7 Å². The van der Waals surface area contributed by atoms with Crippen LogP contribution in [-0.2, 0) is 4.79 Å². The van der Waals surface area contributed by atoms with Gasteiger partial charge in [0.1, 0.15) is 5.75 Å². The molecular weight excluding hydrogens is 354 g/mol. The third kappa shape index (κ3) is 4.88. The molecule has 142 valence electrons. The number of hydrogen-bond donors (Lipinski definition) is 3. The van der Waals surface area contributed by atoms with Crippen molar-refractivity contribution in [1.29, 1.82) is 0 Å². The first-order valence-electron chi connectivity index (χ1n) is 8.74. The van der Waals surface area contributed by atoms with Crippen molar-refractivity contribution in [3.8, 4) is 5.75 Å². The number of rotatable bonds is 6. The molecule has 3 aromatic carbocycles. The average Bonchev–Trinajstić information content (AvgIpc) is 2.70. The second-order valence-corrected chi connectivity index (χ2v) is 6.11. The Balaban J connectivity index is 1.74. The van der Waals surface area contributed by atoms with Crippen molar-refractivity contribution in [3.63, 3.8) is 0 Å². The van der Waals surface area contributed by atoms with Gasteiger partial charge in [0.25, 0.3) is 5.91 Å². The molecule has 0 atom stereocenters. The Morgan fingerprint density at radius 1 is 0.750 bits per heavy atom. The van der Waals surface area contributed by atoms with Crippen LogP contribution in [0.25, 0.3) is 0 Å². The summed E-state index contributed by atoms with van der Waals surface area (Å²) >= 11 is 0. The Kier molecular flexibility index (Phi) is 5.91. The number of amides is 2. The molecule has 0 aliphatic heterocycles. The van der Waals surface area contributed by atoms with Gasteiger partial charge >= 0.3 is 0 Å². The highest BCUT2D eigenvalue weighted by molar-refractivity contribution is 6.08. The van der Waals surface area contributed by atoms with Crippen LogP contribution in [0.4, 0.5) is 22.7 Å². The summed E-state index contributed by atoms with van der Waals surface area (Å²) in [6.07, 6.45) is 0. The van der Waals surface area contributed by atoms with Crippen molar-refractivity contribution in [2.24, 2.45) is 0 Å². The number of ether oxygens (including phenoxy) is 1. The number of carbonyl (C=O) groups excluding carboxylic acids is 2. The molecule has 0 radical (unpaired) electrons. The summed E-state index contributed by atoms with van der Waals surface area (Å²) in [7, 11) is 1.62. The van der Waals surface area contributed by atoms with Gasteiger partial charge in [-0.15, -0.1) is 0 Å².